The number of hydroxylamine groups is 1. The molecule has 0 aromatic rings. The van der Waals surface area contributed by atoms with Crippen LogP contribution in [-0.2, 0) is 14.4 Å². The molecule has 0 rings (SSSR count). The summed E-state index contributed by atoms with van der Waals surface area (Å²) in [5.41, 5.74) is 5.32. The van der Waals surface area contributed by atoms with E-state index in [0.717, 1.165) is 0 Å². The molecule has 12 heavy (non-hydrogen) atoms. The minimum Gasteiger partial charge on any atom is -0.467 e. The Kier molecular flexibility index (Phi) is 3.49. The number of nitrogens with one attached hydrogen (secondary N) is 1. The van der Waals surface area contributed by atoms with Gasteiger partial charge >= 0.3 is 12.0 Å². The molecule has 0 saturated heterocycles. The van der Waals surface area contributed by atoms with Gasteiger partial charge in [0, 0.05) is 0 Å². The maximum atomic E-state index is 10.9. The van der Waals surface area contributed by atoms with E-state index in [1.54, 1.807) is 0 Å². The number of primary amides is 1. The number of methoxy groups -OCH3 is 1. The van der Waals surface area contributed by atoms with Crippen LogP contribution in [0.25, 0.3) is 0 Å². The highest BCUT2D eigenvalue weighted by molar-refractivity contribution is 5.78. The van der Waals surface area contributed by atoms with Gasteiger partial charge in [-0.25, -0.2) is 15.1 Å². The number of esters is 1. The van der Waals surface area contributed by atoms with Gasteiger partial charge in [-0.15, -0.1) is 0 Å². The molecule has 0 saturated carbocycles. The lowest BCUT2D eigenvalue weighted by Crippen LogP contribution is -2.44. The second-order valence-electron chi connectivity index (χ2n) is 2.57. The summed E-state index contributed by atoms with van der Waals surface area (Å²) in [5, 5.41) is 0. The van der Waals surface area contributed by atoms with Gasteiger partial charge in [-0.1, -0.05) is 0 Å². The van der Waals surface area contributed by atoms with Crippen LogP contribution in [0.4, 0.5) is 4.79 Å². The molecule has 0 aliphatic carbocycles. The van der Waals surface area contributed by atoms with E-state index < -0.39 is 17.6 Å². The summed E-state index contributed by atoms with van der Waals surface area (Å²) in [5.74, 6) is -0.601. The second-order valence-corrected chi connectivity index (χ2v) is 2.57. The molecule has 0 atom stereocenters. The van der Waals surface area contributed by atoms with Crippen LogP contribution in [0.15, 0.2) is 0 Å². The van der Waals surface area contributed by atoms with Gasteiger partial charge in [0.1, 0.15) is 0 Å². The quantitative estimate of drug-likeness (QED) is 0.449. The van der Waals surface area contributed by atoms with Gasteiger partial charge in [0.15, 0.2) is 5.60 Å². The molecule has 0 aliphatic heterocycles. The summed E-state index contributed by atoms with van der Waals surface area (Å²) in [4.78, 5) is 25.7. The fraction of sp³-hybridized carbons (Fsp3) is 0.667. The van der Waals surface area contributed by atoms with E-state index in [4.69, 9.17) is 5.73 Å². The third-order valence-electron chi connectivity index (χ3n) is 1.08. The molecule has 6 nitrogen and oxygen atoms in total. The van der Waals surface area contributed by atoms with Crippen molar-refractivity contribution in [2.24, 2.45) is 5.73 Å². The lowest BCUT2D eigenvalue weighted by Gasteiger charge is -2.20. The summed E-state index contributed by atoms with van der Waals surface area (Å²) >= 11 is 0. The van der Waals surface area contributed by atoms with Gasteiger partial charge in [-0.2, -0.15) is 0 Å². The fourth-order valence-electron chi connectivity index (χ4n) is 0.465. The Balaban J connectivity index is 4.03. The van der Waals surface area contributed by atoms with Crippen molar-refractivity contribution in [1.82, 2.24) is 5.48 Å². The predicted molar refractivity (Wildman–Crippen MR) is 39.9 cm³/mol. The van der Waals surface area contributed by atoms with Crippen molar-refractivity contribution < 1.29 is 19.2 Å². The minimum absolute atomic E-state index is 0.601. The maximum Gasteiger partial charge on any atom is 0.340 e. The lowest BCUT2D eigenvalue weighted by atomic mass is 10.1. The summed E-state index contributed by atoms with van der Waals surface area (Å²) in [6.45, 7) is 2.88. The van der Waals surface area contributed by atoms with E-state index in [9.17, 15) is 9.59 Å². The molecular formula is C6H12N2O4. The van der Waals surface area contributed by atoms with E-state index in [2.05, 4.69) is 9.57 Å². The lowest BCUT2D eigenvalue weighted by molar-refractivity contribution is -0.170. The normalized spacial score (nSPS) is 10.6. The zero-order valence-corrected chi connectivity index (χ0v) is 7.21. The SMILES string of the molecule is COC(=O)C(C)(C)ONC(N)=O. The molecular weight excluding hydrogens is 164 g/mol. The Bertz CT molecular complexity index is 190. The van der Waals surface area contributed by atoms with Crippen molar-refractivity contribution in [1.29, 1.82) is 0 Å². The standard InChI is InChI=1S/C6H12N2O4/c1-6(2,4(9)11-3)12-8-5(7)10/h1-3H3,(H3,7,8,10). The van der Waals surface area contributed by atoms with E-state index in [-0.39, 0.29) is 0 Å². The molecule has 3 N–H and O–H groups in total. The number of rotatable bonds is 3. The summed E-state index contributed by atoms with van der Waals surface area (Å²) < 4.78 is 4.39. The Morgan fingerprint density at radius 2 is 1.92 bits per heavy atom. The number of amides is 2. The fourth-order valence-corrected chi connectivity index (χ4v) is 0.465. The molecule has 0 fully saturated rings. The van der Waals surface area contributed by atoms with Gasteiger partial charge in [0.05, 0.1) is 7.11 Å². The van der Waals surface area contributed by atoms with Crippen LogP contribution in [0.5, 0.6) is 0 Å². The molecule has 0 aliphatic rings. The molecule has 0 aromatic heterocycles. The second kappa shape index (κ2) is 3.91. The molecule has 0 heterocycles. The molecule has 0 bridgehead atoms. The summed E-state index contributed by atoms with van der Waals surface area (Å²) in [6.07, 6.45) is 0. The number of urea groups is 1. The first-order valence-electron chi connectivity index (χ1n) is 3.22. The van der Waals surface area contributed by atoms with Gasteiger partial charge in [-0.3, -0.25) is 4.84 Å². The molecule has 2 amide bonds. The monoisotopic (exact) mass is 176 g/mol. The van der Waals surface area contributed by atoms with Crippen LogP contribution in [0.1, 0.15) is 13.8 Å². The highest BCUT2D eigenvalue weighted by atomic mass is 16.7. The van der Waals surface area contributed by atoms with E-state index >= 15 is 0 Å². The summed E-state index contributed by atoms with van der Waals surface area (Å²) in [7, 11) is 1.22. The van der Waals surface area contributed by atoms with Crippen LogP contribution in [-0.4, -0.2) is 24.7 Å². The van der Waals surface area contributed by atoms with Crippen LogP contribution in [0.2, 0.25) is 0 Å². The average molecular weight is 176 g/mol. The molecule has 70 valence electrons. The number of ether oxygens (including phenoxy) is 1. The number of carbonyl (C=O) groups is 2. The number of carbonyl (C=O) groups excluding carboxylic acids is 2. The largest absolute Gasteiger partial charge is 0.467 e. The Hall–Kier alpha value is -1.30. The first-order chi connectivity index (χ1) is 5.40. The predicted octanol–water partition coefficient (Wildman–Crippen LogP) is -0.462. The number of hydrogen-bond donors (Lipinski definition) is 2. The zero-order chi connectivity index (χ0) is 9.78. The Morgan fingerprint density at radius 1 is 1.42 bits per heavy atom. The van der Waals surface area contributed by atoms with Gasteiger partial charge < -0.3 is 10.5 Å². The van der Waals surface area contributed by atoms with Crippen LogP contribution < -0.4 is 11.2 Å². The number of hydrogen-bond acceptors (Lipinski definition) is 4. The average Bonchev–Trinajstić information content (AvgIpc) is 1.99. The van der Waals surface area contributed by atoms with Gasteiger partial charge in [0.2, 0.25) is 0 Å². The molecule has 0 aromatic carbocycles. The smallest absolute Gasteiger partial charge is 0.340 e. The molecule has 0 unspecified atom stereocenters. The van der Waals surface area contributed by atoms with E-state index in [1.165, 1.54) is 21.0 Å². The Labute approximate surface area is 70.0 Å². The van der Waals surface area contributed by atoms with Crippen molar-refractivity contribution >= 4 is 12.0 Å². The van der Waals surface area contributed by atoms with Crippen molar-refractivity contribution in [3.05, 3.63) is 0 Å². The highest BCUT2D eigenvalue weighted by Crippen LogP contribution is 2.08. The molecule has 6 heteroatoms. The highest BCUT2D eigenvalue weighted by Gasteiger charge is 2.30. The summed E-state index contributed by atoms with van der Waals surface area (Å²) in [6, 6.07) is -0.869. The molecule has 0 radical (unpaired) electrons. The van der Waals surface area contributed by atoms with Gasteiger partial charge in [0.25, 0.3) is 0 Å². The Morgan fingerprint density at radius 3 is 2.25 bits per heavy atom. The third-order valence-corrected chi connectivity index (χ3v) is 1.08. The minimum atomic E-state index is -1.23. The first-order valence-corrected chi connectivity index (χ1v) is 3.22. The third kappa shape index (κ3) is 3.20. The van der Waals surface area contributed by atoms with E-state index in [1.807, 2.05) is 5.48 Å². The number of nitrogens with two attached hydrogens (primary N) is 1. The van der Waals surface area contributed by atoms with Crippen molar-refractivity contribution in [2.45, 2.75) is 19.4 Å². The van der Waals surface area contributed by atoms with Crippen LogP contribution in [0, 0.1) is 0 Å². The van der Waals surface area contributed by atoms with Crippen LogP contribution in [0.3, 0.4) is 0 Å². The van der Waals surface area contributed by atoms with E-state index in [0.29, 0.717) is 0 Å². The van der Waals surface area contributed by atoms with Gasteiger partial charge in [-0.05, 0) is 13.8 Å². The first kappa shape index (κ1) is 10.7. The maximum absolute atomic E-state index is 10.9. The zero-order valence-electron chi connectivity index (χ0n) is 7.21. The molecule has 0 spiro atoms. The topological polar surface area (TPSA) is 90.7 Å². The van der Waals surface area contributed by atoms with Crippen LogP contribution >= 0.6 is 0 Å². The van der Waals surface area contributed by atoms with Crippen molar-refractivity contribution in [3.63, 3.8) is 0 Å². The van der Waals surface area contributed by atoms with Crippen molar-refractivity contribution in [2.75, 3.05) is 7.11 Å². The van der Waals surface area contributed by atoms with Crippen molar-refractivity contribution in [3.8, 4) is 0 Å².